The van der Waals surface area contributed by atoms with Crippen molar-refractivity contribution >= 4 is 17.0 Å². The van der Waals surface area contributed by atoms with Crippen LogP contribution in [0, 0.1) is 5.92 Å². The molecular weight excluding hydrogens is 256 g/mol. The highest BCUT2D eigenvalue weighted by Crippen LogP contribution is 2.29. The monoisotopic (exact) mass is 276 g/mol. The van der Waals surface area contributed by atoms with E-state index in [1.54, 1.807) is 11.3 Å². The molecule has 0 spiro atoms. The van der Waals surface area contributed by atoms with E-state index in [-0.39, 0.29) is 0 Å². The van der Waals surface area contributed by atoms with Crippen molar-refractivity contribution in [3.05, 3.63) is 40.7 Å². The minimum absolute atomic E-state index is 0.319. The summed E-state index contributed by atoms with van der Waals surface area (Å²) in [5, 5.41) is 5.66. The number of hydrogen-bond acceptors (Lipinski definition) is 4. The molecule has 0 bridgehead atoms. The van der Waals surface area contributed by atoms with Crippen LogP contribution in [0.4, 0.5) is 5.69 Å². The Balaban J connectivity index is 2.09. The first-order valence-corrected chi connectivity index (χ1v) is 7.47. The smallest absolute Gasteiger partial charge is 0.213 e. The first kappa shape index (κ1) is 13.9. The fourth-order valence-corrected chi connectivity index (χ4v) is 2.86. The van der Waals surface area contributed by atoms with Crippen LogP contribution >= 0.6 is 11.3 Å². The molecule has 3 nitrogen and oxygen atoms in total. The van der Waals surface area contributed by atoms with E-state index in [9.17, 15) is 0 Å². The highest BCUT2D eigenvalue weighted by molar-refractivity contribution is 7.10. The maximum absolute atomic E-state index is 5.35. The molecule has 0 aromatic carbocycles. The molecule has 0 aliphatic rings. The van der Waals surface area contributed by atoms with Gasteiger partial charge >= 0.3 is 0 Å². The van der Waals surface area contributed by atoms with E-state index in [2.05, 4.69) is 41.7 Å². The van der Waals surface area contributed by atoms with Crippen molar-refractivity contribution in [1.29, 1.82) is 0 Å². The molecule has 19 heavy (non-hydrogen) atoms. The predicted molar refractivity (Wildman–Crippen MR) is 80.9 cm³/mol. The predicted octanol–water partition coefficient (Wildman–Crippen LogP) is 4.35. The highest BCUT2D eigenvalue weighted by Gasteiger charge is 2.16. The Morgan fingerprint density at radius 2 is 2.16 bits per heavy atom. The van der Waals surface area contributed by atoms with Crippen LogP contribution in [-0.2, 0) is 0 Å². The van der Waals surface area contributed by atoms with Crippen molar-refractivity contribution in [3.63, 3.8) is 0 Å². The van der Waals surface area contributed by atoms with Gasteiger partial charge in [0.15, 0.2) is 0 Å². The number of hydrogen-bond donors (Lipinski definition) is 1. The normalized spacial score (nSPS) is 12.4. The third-order valence-electron chi connectivity index (χ3n) is 2.87. The fourth-order valence-electron chi connectivity index (χ4n) is 1.91. The van der Waals surface area contributed by atoms with E-state index in [1.807, 2.05) is 25.3 Å². The van der Waals surface area contributed by atoms with Crippen molar-refractivity contribution in [2.24, 2.45) is 5.92 Å². The fraction of sp³-hybridized carbons (Fsp3) is 0.400. The summed E-state index contributed by atoms with van der Waals surface area (Å²) in [6.07, 6.45) is 1.83. The zero-order chi connectivity index (χ0) is 13.7. The summed E-state index contributed by atoms with van der Waals surface area (Å²) in [4.78, 5) is 5.63. The number of nitrogens with one attached hydrogen (secondary N) is 1. The molecule has 2 aromatic heterocycles. The molecule has 0 radical (unpaired) electrons. The SMILES string of the molecule is CCOc1ccc(NC(c2cccs2)C(C)C)cn1. The molecule has 4 heteroatoms. The lowest BCUT2D eigenvalue weighted by Gasteiger charge is -2.22. The quantitative estimate of drug-likeness (QED) is 0.851. The summed E-state index contributed by atoms with van der Waals surface area (Å²) in [5.41, 5.74) is 1.02. The Kier molecular flexibility index (Phi) is 4.80. The van der Waals surface area contributed by atoms with E-state index in [0.717, 1.165) is 5.69 Å². The molecular formula is C15H20N2OS. The van der Waals surface area contributed by atoms with Gasteiger partial charge in [-0.2, -0.15) is 0 Å². The van der Waals surface area contributed by atoms with Gasteiger partial charge in [-0.25, -0.2) is 4.98 Å². The standard InChI is InChI=1S/C15H20N2OS/c1-4-18-14-8-7-12(10-16-14)17-15(11(2)3)13-6-5-9-19-13/h5-11,15,17H,4H2,1-3H3. The van der Waals surface area contributed by atoms with Gasteiger partial charge in [0.1, 0.15) is 0 Å². The molecule has 0 amide bonds. The van der Waals surface area contributed by atoms with Crippen LogP contribution < -0.4 is 10.1 Å². The number of pyridine rings is 1. The van der Waals surface area contributed by atoms with Crippen LogP contribution in [0.3, 0.4) is 0 Å². The van der Waals surface area contributed by atoms with Crippen LogP contribution in [0.25, 0.3) is 0 Å². The van der Waals surface area contributed by atoms with Crippen molar-refractivity contribution in [2.45, 2.75) is 26.8 Å². The van der Waals surface area contributed by atoms with Crippen LogP contribution in [0.2, 0.25) is 0 Å². The topological polar surface area (TPSA) is 34.1 Å². The molecule has 0 aliphatic heterocycles. The average Bonchev–Trinajstić information content (AvgIpc) is 2.91. The summed E-state index contributed by atoms with van der Waals surface area (Å²) in [6, 6.07) is 8.50. The second-order valence-electron chi connectivity index (χ2n) is 4.70. The van der Waals surface area contributed by atoms with Crippen molar-refractivity contribution < 1.29 is 4.74 Å². The average molecular weight is 276 g/mol. The second kappa shape index (κ2) is 6.57. The molecule has 0 saturated carbocycles. The Hall–Kier alpha value is -1.55. The maximum atomic E-state index is 5.35. The lowest BCUT2D eigenvalue weighted by atomic mass is 10.0. The van der Waals surface area contributed by atoms with Gasteiger partial charge in [0, 0.05) is 10.9 Å². The van der Waals surface area contributed by atoms with E-state index < -0.39 is 0 Å². The third kappa shape index (κ3) is 3.70. The summed E-state index contributed by atoms with van der Waals surface area (Å²) < 4.78 is 5.35. The Labute approximate surface area is 118 Å². The number of thiophene rings is 1. The minimum atomic E-state index is 0.319. The summed E-state index contributed by atoms with van der Waals surface area (Å²) in [5.74, 6) is 1.19. The van der Waals surface area contributed by atoms with Gasteiger partial charge in [0.2, 0.25) is 5.88 Å². The number of rotatable bonds is 6. The maximum Gasteiger partial charge on any atom is 0.213 e. The van der Waals surface area contributed by atoms with E-state index in [0.29, 0.717) is 24.4 Å². The molecule has 2 heterocycles. The van der Waals surface area contributed by atoms with Gasteiger partial charge in [-0.1, -0.05) is 19.9 Å². The van der Waals surface area contributed by atoms with Crippen molar-refractivity contribution in [3.8, 4) is 5.88 Å². The molecule has 0 fully saturated rings. The first-order chi connectivity index (χ1) is 9.20. The van der Waals surface area contributed by atoms with Gasteiger partial charge in [0.25, 0.3) is 0 Å². The molecule has 1 atom stereocenters. The molecule has 1 N–H and O–H groups in total. The van der Waals surface area contributed by atoms with Crippen LogP contribution in [0.5, 0.6) is 5.88 Å². The van der Waals surface area contributed by atoms with Crippen molar-refractivity contribution in [2.75, 3.05) is 11.9 Å². The number of ether oxygens (including phenoxy) is 1. The van der Waals surface area contributed by atoms with Crippen LogP contribution in [-0.4, -0.2) is 11.6 Å². The number of aromatic nitrogens is 1. The summed E-state index contributed by atoms with van der Waals surface area (Å²) >= 11 is 1.78. The highest BCUT2D eigenvalue weighted by atomic mass is 32.1. The molecule has 102 valence electrons. The van der Waals surface area contributed by atoms with Crippen molar-refractivity contribution in [1.82, 2.24) is 4.98 Å². The molecule has 2 aromatic rings. The molecule has 0 saturated heterocycles. The zero-order valence-electron chi connectivity index (χ0n) is 11.6. The number of anilines is 1. The molecule has 0 aliphatic carbocycles. The Morgan fingerprint density at radius 3 is 2.68 bits per heavy atom. The van der Waals surface area contributed by atoms with Crippen LogP contribution in [0.1, 0.15) is 31.7 Å². The molecule has 2 rings (SSSR count). The van der Waals surface area contributed by atoms with Gasteiger partial charge in [-0.3, -0.25) is 0 Å². The van der Waals surface area contributed by atoms with Gasteiger partial charge in [-0.05, 0) is 30.4 Å². The lowest BCUT2D eigenvalue weighted by Crippen LogP contribution is -2.15. The van der Waals surface area contributed by atoms with Gasteiger partial charge in [-0.15, -0.1) is 11.3 Å². The third-order valence-corrected chi connectivity index (χ3v) is 3.82. The largest absolute Gasteiger partial charge is 0.478 e. The minimum Gasteiger partial charge on any atom is -0.478 e. The lowest BCUT2D eigenvalue weighted by molar-refractivity contribution is 0.327. The first-order valence-electron chi connectivity index (χ1n) is 6.59. The molecule has 1 unspecified atom stereocenters. The van der Waals surface area contributed by atoms with E-state index >= 15 is 0 Å². The number of nitrogens with zero attached hydrogens (tertiary/aromatic N) is 1. The van der Waals surface area contributed by atoms with Gasteiger partial charge < -0.3 is 10.1 Å². The van der Waals surface area contributed by atoms with E-state index in [1.165, 1.54) is 4.88 Å². The summed E-state index contributed by atoms with van der Waals surface area (Å²) in [7, 11) is 0. The van der Waals surface area contributed by atoms with E-state index in [4.69, 9.17) is 4.74 Å². The Morgan fingerprint density at radius 1 is 1.32 bits per heavy atom. The zero-order valence-corrected chi connectivity index (χ0v) is 12.4. The second-order valence-corrected chi connectivity index (χ2v) is 5.68. The summed E-state index contributed by atoms with van der Waals surface area (Å²) in [6.45, 7) is 7.04. The van der Waals surface area contributed by atoms with Crippen LogP contribution in [0.15, 0.2) is 35.8 Å². The Bertz CT molecular complexity index is 479. The van der Waals surface area contributed by atoms with Gasteiger partial charge in [0.05, 0.1) is 24.5 Å².